The molecule has 100 heavy (non-hydrogen) atoms. The second kappa shape index (κ2) is 31.9. The molecular formula is C69H89Cl4N9O15S3. The van der Waals surface area contributed by atoms with E-state index < -0.39 is 79.9 Å². The molecule has 0 radical (unpaired) electrons. The first-order chi connectivity index (χ1) is 45.4. The zero-order valence-corrected chi connectivity index (χ0v) is 65.7. The molecule has 8 aromatic rings. The molecule has 8 rings (SSSR count). The summed E-state index contributed by atoms with van der Waals surface area (Å²) in [6, 6.07) is 24.0. The summed E-state index contributed by atoms with van der Waals surface area (Å²) in [4.78, 5) is 62.6. The number of rotatable bonds is 16. The molecule has 31 heteroatoms. The first-order valence-corrected chi connectivity index (χ1v) is 36.8. The molecular weight excluding hydrogens is 1430 g/mol. The summed E-state index contributed by atoms with van der Waals surface area (Å²) >= 11 is 22.7. The van der Waals surface area contributed by atoms with Crippen molar-refractivity contribution in [2.75, 3.05) is 13.2 Å². The van der Waals surface area contributed by atoms with E-state index in [2.05, 4.69) is 46.1 Å². The lowest BCUT2D eigenvalue weighted by Gasteiger charge is -2.22. The molecule has 0 unspecified atom stereocenters. The van der Waals surface area contributed by atoms with Gasteiger partial charge in [-0.15, -0.1) is 0 Å². The number of carbonyl (C=O) groups excluding carboxylic acids is 4. The number of ketones is 2. The van der Waals surface area contributed by atoms with Crippen LogP contribution in [0.1, 0.15) is 185 Å². The van der Waals surface area contributed by atoms with Crippen LogP contribution in [0.3, 0.4) is 0 Å². The lowest BCUT2D eigenvalue weighted by Crippen LogP contribution is -2.42. The number of carboxylic acids is 1. The Morgan fingerprint density at radius 2 is 0.790 bits per heavy atom. The monoisotopic (exact) mass is 1520 g/mol. The van der Waals surface area contributed by atoms with Crippen molar-refractivity contribution in [3.63, 3.8) is 0 Å². The van der Waals surface area contributed by atoms with Gasteiger partial charge >= 0.3 is 11.9 Å². The number of sulfone groups is 3. The van der Waals surface area contributed by atoms with Crippen molar-refractivity contribution >= 4 is 105 Å². The molecule has 0 fully saturated rings. The minimum absolute atomic E-state index is 0.0516. The van der Waals surface area contributed by atoms with E-state index in [9.17, 15) is 49.2 Å². The number of aliphatic carboxylic acids is 1. The maximum Gasteiger partial charge on any atom is 0.327 e. The molecule has 2 N–H and O–H groups in total. The minimum atomic E-state index is -4.05. The van der Waals surface area contributed by atoms with Crippen LogP contribution in [0.2, 0.25) is 15.1 Å². The number of esters is 1. The van der Waals surface area contributed by atoms with Gasteiger partial charge in [0.2, 0.25) is 17.5 Å². The van der Waals surface area contributed by atoms with Crippen LogP contribution in [-0.4, -0.2) is 131 Å². The lowest BCUT2D eigenvalue weighted by molar-refractivity contribution is -0.144. The Morgan fingerprint density at radius 3 is 1.11 bits per heavy atom. The van der Waals surface area contributed by atoms with Crippen LogP contribution in [0.25, 0.3) is 11.4 Å². The minimum Gasteiger partial charge on any atom is -0.480 e. The summed E-state index contributed by atoms with van der Waals surface area (Å²) in [5.74, 6) is -3.04. The second-order valence-corrected chi connectivity index (χ2v) is 37.9. The number of hydrogen-bond acceptors (Lipinski definition) is 19. The van der Waals surface area contributed by atoms with Crippen molar-refractivity contribution in [2.24, 2.45) is 28.2 Å². The zero-order chi connectivity index (χ0) is 76.8. The van der Waals surface area contributed by atoms with Crippen LogP contribution in [0.4, 0.5) is 0 Å². The predicted octanol–water partition coefficient (Wildman–Crippen LogP) is 13.1. The maximum atomic E-state index is 13.2. The van der Waals surface area contributed by atoms with Gasteiger partial charge in [0.05, 0.1) is 43.2 Å². The van der Waals surface area contributed by atoms with E-state index in [-0.39, 0.29) is 53.7 Å². The van der Waals surface area contributed by atoms with E-state index in [0.717, 1.165) is 42.3 Å². The van der Waals surface area contributed by atoms with Crippen molar-refractivity contribution in [2.45, 2.75) is 175 Å². The number of benzene rings is 3. The molecule has 5 heterocycles. The van der Waals surface area contributed by atoms with Gasteiger partial charge < -0.3 is 19.4 Å². The highest BCUT2D eigenvalue weighted by molar-refractivity contribution is 7.94. The highest BCUT2D eigenvalue weighted by Gasteiger charge is 2.46. The van der Waals surface area contributed by atoms with Crippen molar-refractivity contribution in [1.29, 1.82) is 0 Å². The number of aromatic nitrogens is 9. The van der Waals surface area contributed by atoms with Gasteiger partial charge in [-0.25, -0.2) is 30.2 Å². The van der Waals surface area contributed by atoms with Crippen LogP contribution in [-0.2, 0) is 98.4 Å². The van der Waals surface area contributed by atoms with Gasteiger partial charge in [-0.05, 0) is 150 Å². The van der Waals surface area contributed by atoms with Crippen LogP contribution >= 0.6 is 46.4 Å². The third-order valence-electron chi connectivity index (χ3n) is 15.5. The number of carboxylic acid groups (broad SMARTS) is 1. The highest BCUT2D eigenvalue weighted by Crippen LogP contribution is 2.37. The van der Waals surface area contributed by atoms with E-state index in [0.29, 0.717) is 32.1 Å². The van der Waals surface area contributed by atoms with E-state index in [1.807, 2.05) is 75.4 Å². The first kappa shape index (κ1) is 85.0. The van der Waals surface area contributed by atoms with E-state index >= 15 is 0 Å². The molecule has 546 valence electrons. The zero-order valence-electron chi connectivity index (χ0n) is 60.2. The number of hydrogen-bond donors (Lipinski definition) is 2. The van der Waals surface area contributed by atoms with Gasteiger partial charge in [0.15, 0.2) is 45.6 Å². The van der Waals surface area contributed by atoms with Crippen LogP contribution < -0.4 is 0 Å². The Balaban J connectivity index is 0.000000276. The number of aliphatic hydroxyl groups is 1. The van der Waals surface area contributed by atoms with E-state index in [4.69, 9.17) is 65.8 Å². The number of oxazole rings is 1. The van der Waals surface area contributed by atoms with E-state index in [1.165, 1.54) is 94.8 Å². The molecule has 0 amide bonds. The third-order valence-corrected chi connectivity index (χ3v) is 23.7. The number of carbonyl (C=O) groups is 5. The fraction of sp³-hybridized carbons (Fsp3) is 0.449. The Labute approximate surface area is 605 Å². The number of halogens is 4. The van der Waals surface area contributed by atoms with Gasteiger partial charge in [-0.2, -0.15) is 20.4 Å². The molecule has 0 spiro atoms. The first-order valence-electron chi connectivity index (χ1n) is 30.8. The van der Waals surface area contributed by atoms with Crippen LogP contribution in [0, 0.1) is 0 Å². The Kier molecular flexibility index (Phi) is 27.1. The molecule has 0 aliphatic rings. The number of nitrogens with zero attached hydrogens (tertiary/aromatic N) is 9. The Hall–Kier alpha value is -7.37. The number of aliphatic hydroxyl groups excluding tert-OH is 1. The van der Waals surface area contributed by atoms with Gasteiger partial charge in [0, 0.05) is 64.9 Å². The summed E-state index contributed by atoms with van der Waals surface area (Å²) in [5.41, 5.74) is 5.36. The average molecular weight is 1520 g/mol. The van der Waals surface area contributed by atoms with Crippen LogP contribution in [0.5, 0.6) is 0 Å². The Morgan fingerprint density at radius 1 is 0.470 bits per heavy atom. The molecule has 5 aromatic heterocycles. The molecule has 0 bridgehead atoms. The molecule has 0 aliphatic heterocycles. The summed E-state index contributed by atoms with van der Waals surface area (Å²) in [7, 11) is -4.84. The van der Waals surface area contributed by atoms with Gasteiger partial charge in [-0.1, -0.05) is 118 Å². The quantitative estimate of drug-likeness (QED) is 0.0515. The topological polar surface area (TPSA) is 335 Å². The van der Waals surface area contributed by atoms with Crippen LogP contribution in [0.15, 0.2) is 122 Å². The molecule has 3 aromatic carbocycles. The summed E-state index contributed by atoms with van der Waals surface area (Å²) in [6.45, 7) is 31.2. The number of ether oxygens (including phenoxy) is 1. The summed E-state index contributed by atoms with van der Waals surface area (Å²) in [5, 5.41) is 35.7. The van der Waals surface area contributed by atoms with Crippen molar-refractivity contribution < 1.29 is 68.6 Å². The predicted molar refractivity (Wildman–Crippen MR) is 385 cm³/mol. The van der Waals surface area contributed by atoms with Gasteiger partial charge in [0.25, 0.3) is 5.24 Å². The highest BCUT2D eigenvalue weighted by atomic mass is 35.5. The summed E-state index contributed by atoms with van der Waals surface area (Å²) < 4.78 is 87.7. The normalized spacial score (nSPS) is 12.5. The van der Waals surface area contributed by atoms with Crippen molar-refractivity contribution in [3.05, 3.63) is 164 Å². The molecule has 0 saturated carbocycles. The molecule has 0 atom stereocenters. The van der Waals surface area contributed by atoms with Gasteiger partial charge in [-0.3, -0.25) is 42.7 Å². The fourth-order valence-corrected chi connectivity index (χ4v) is 13.1. The lowest BCUT2D eigenvalue weighted by atomic mass is 9.92. The third kappa shape index (κ3) is 20.2. The number of aryl methyl sites for hydroxylation is 4. The average Bonchev–Trinajstić information content (AvgIpc) is 1.25. The number of Topliss-reactive ketones (excluding diaryl/α,β-unsaturated/α-hetero) is 2. The largest absolute Gasteiger partial charge is 0.480 e. The SMILES string of the molecule is CC(C)(C(=O)O)S(=O)(=O)c1ccc(Cl)cc1.Cn1nc(C(C)(C)C)cc1-c1coc(C(C)(C)S(=O)(=O)c2ccc(Cl)cc2)n1.Cn1nc(C(C)(C)C)cc1C(=O)CO.Cn1nc(C(C)(C)C)cc1C(=O)COC(=O)C(C)(C)S(=O)(=O)c1ccc(Cl)cc1.Cn1nc(C(C)(C)C)cc1C(=O)Cl. The van der Waals surface area contributed by atoms with Gasteiger partial charge in [0.1, 0.15) is 40.4 Å². The summed E-state index contributed by atoms with van der Waals surface area (Å²) in [6.07, 6.45) is 1.47. The fourth-order valence-electron chi connectivity index (χ4n) is 8.47. The standard InChI is InChI=1S/C20H24ClN3O3S.C20H25ClN2O5S.C10H11ClO4S.C10H16N2O2.C9H13ClN2O/c1-19(2,3)17-11-16(24(6)23-17)15-12-27-18(22-15)20(4,5)28(25,26)14-9-7-13(21)8-10-14;1-19(2,3)17-11-15(23(6)22-17)16(24)12-28-18(25)20(4,5)29(26,27)14-9-7-13(21)8-10-14;1-10(2,9(12)13)16(14,15)8-5-3-7(11)4-6-8;1-10(2,3)9-5-7(8(14)6-13)12(4)11-9;1-9(2,3)7-5-6(8(10)13)12(4)11-7/h7-12H,1-6H3;7-11H,12H2,1-6H3;3-6H,1-2H3,(H,12,13);5,13H,6H2,1-4H3;5H,1-4H3. The molecule has 0 saturated heterocycles. The van der Waals surface area contributed by atoms with Crippen molar-refractivity contribution in [1.82, 2.24) is 44.1 Å². The maximum absolute atomic E-state index is 13.2. The second-order valence-electron chi connectivity index (χ2n) is 28.8. The van der Waals surface area contributed by atoms with E-state index in [1.54, 1.807) is 70.0 Å². The molecule has 0 aliphatic carbocycles. The smallest absolute Gasteiger partial charge is 0.327 e. The molecule has 24 nitrogen and oxygen atoms in total. The van der Waals surface area contributed by atoms with Crippen molar-refractivity contribution in [3.8, 4) is 11.4 Å². The Bertz CT molecular complexity index is 4620.